The zero-order valence-corrected chi connectivity index (χ0v) is 12.8. The first-order valence-electron chi connectivity index (χ1n) is 7.18. The number of amides is 1. The lowest BCUT2D eigenvalue weighted by Crippen LogP contribution is -2.31. The van der Waals surface area contributed by atoms with Crippen molar-refractivity contribution in [1.29, 1.82) is 0 Å². The second-order valence-electron chi connectivity index (χ2n) is 4.79. The van der Waals surface area contributed by atoms with E-state index in [1.807, 2.05) is 41.5 Å². The van der Waals surface area contributed by atoms with E-state index in [-0.39, 0.29) is 5.91 Å². The van der Waals surface area contributed by atoms with Crippen LogP contribution in [0.25, 0.3) is 11.0 Å². The fourth-order valence-electron chi connectivity index (χ4n) is 2.43. The van der Waals surface area contributed by atoms with Crippen molar-refractivity contribution in [2.75, 3.05) is 25.9 Å². The van der Waals surface area contributed by atoms with E-state index in [1.54, 1.807) is 7.11 Å². The number of benzene rings is 1. The molecule has 0 radical (unpaired) electrons. The van der Waals surface area contributed by atoms with Gasteiger partial charge in [-0.3, -0.25) is 4.79 Å². The minimum atomic E-state index is 0.134. The number of aromatic nitrogens is 2. The van der Waals surface area contributed by atoms with Crippen molar-refractivity contribution in [3.63, 3.8) is 0 Å². The number of hydrogen-bond donors (Lipinski definition) is 1. The minimum absolute atomic E-state index is 0.134. The summed E-state index contributed by atoms with van der Waals surface area (Å²) in [6, 6.07) is 5.62. The first-order valence-corrected chi connectivity index (χ1v) is 7.18. The summed E-state index contributed by atoms with van der Waals surface area (Å²) in [4.78, 5) is 18.2. The van der Waals surface area contributed by atoms with Gasteiger partial charge in [0.15, 0.2) is 0 Å². The molecule has 2 aromatic rings. The Labute approximate surface area is 124 Å². The number of methoxy groups -OCH3 is 1. The van der Waals surface area contributed by atoms with Crippen molar-refractivity contribution >= 4 is 22.9 Å². The number of nitrogens with zero attached hydrogens (tertiary/aromatic N) is 3. The lowest BCUT2D eigenvalue weighted by molar-refractivity contribution is -0.131. The summed E-state index contributed by atoms with van der Waals surface area (Å²) in [5, 5.41) is 0. The van der Waals surface area contributed by atoms with Crippen LogP contribution in [0.15, 0.2) is 18.2 Å². The molecule has 0 bridgehead atoms. The minimum Gasteiger partial charge on any atom is -0.497 e. The summed E-state index contributed by atoms with van der Waals surface area (Å²) in [6.07, 6.45) is 0.420. The number of ether oxygens (including phenoxy) is 1. The van der Waals surface area contributed by atoms with Crippen LogP contribution in [0, 0.1) is 0 Å². The first kappa shape index (κ1) is 15.2. The molecule has 6 nitrogen and oxygen atoms in total. The van der Waals surface area contributed by atoms with Crippen molar-refractivity contribution in [3.05, 3.63) is 18.2 Å². The van der Waals surface area contributed by atoms with E-state index >= 15 is 0 Å². The summed E-state index contributed by atoms with van der Waals surface area (Å²) in [6.45, 7) is 5.95. The second kappa shape index (κ2) is 6.47. The number of fused-ring (bicyclic) bond motifs is 1. The average Bonchev–Trinajstić information content (AvgIpc) is 2.80. The zero-order valence-electron chi connectivity index (χ0n) is 12.8. The van der Waals surface area contributed by atoms with Crippen LogP contribution in [0.5, 0.6) is 5.75 Å². The highest BCUT2D eigenvalue weighted by molar-refractivity contribution is 5.80. The normalized spacial score (nSPS) is 10.8. The number of nitrogen functional groups attached to an aromatic ring is 1. The Morgan fingerprint density at radius 1 is 1.38 bits per heavy atom. The molecule has 1 amide bonds. The van der Waals surface area contributed by atoms with E-state index in [9.17, 15) is 4.79 Å². The van der Waals surface area contributed by atoms with E-state index in [0.29, 0.717) is 18.9 Å². The first-order chi connectivity index (χ1) is 10.1. The number of hydrogen-bond acceptors (Lipinski definition) is 4. The molecule has 0 aliphatic heterocycles. The van der Waals surface area contributed by atoms with Crippen molar-refractivity contribution in [2.45, 2.75) is 26.8 Å². The third-order valence-corrected chi connectivity index (χ3v) is 3.65. The van der Waals surface area contributed by atoms with Gasteiger partial charge in [-0.25, -0.2) is 4.98 Å². The van der Waals surface area contributed by atoms with Gasteiger partial charge < -0.3 is 19.9 Å². The van der Waals surface area contributed by atoms with Gasteiger partial charge in [-0.1, -0.05) is 0 Å². The summed E-state index contributed by atoms with van der Waals surface area (Å²) >= 11 is 0. The number of aryl methyl sites for hydroxylation is 1. The van der Waals surface area contributed by atoms with Crippen LogP contribution in [-0.4, -0.2) is 40.6 Å². The Hall–Kier alpha value is -2.24. The standard InChI is InChI=1S/C15H22N4O2/c1-4-18(5-2)14(20)8-9-19-13-7-6-11(21-3)10-12(13)17-15(19)16/h6-7,10H,4-5,8-9H2,1-3H3,(H2,16,17). The van der Waals surface area contributed by atoms with Crippen molar-refractivity contribution in [2.24, 2.45) is 0 Å². The Morgan fingerprint density at radius 3 is 2.71 bits per heavy atom. The molecule has 6 heteroatoms. The second-order valence-corrected chi connectivity index (χ2v) is 4.79. The molecule has 114 valence electrons. The number of carbonyl (C=O) groups is 1. The van der Waals surface area contributed by atoms with Crippen LogP contribution in [0.4, 0.5) is 5.95 Å². The molecule has 0 saturated heterocycles. The Balaban J connectivity index is 2.19. The third-order valence-electron chi connectivity index (χ3n) is 3.65. The van der Waals surface area contributed by atoms with Gasteiger partial charge in [0.1, 0.15) is 5.75 Å². The van der Waals surface area contributed by atoms with Crippen molar-refractivity contribution in [3.8, 4) is 5.75 Å². The molecule has 1 heterocycles. The molecule has 0 atom stereocenters. The highest BCUT2D eigenvalue weighted by Gasteiger charge is 2.13. The summed E-state index contributed by atoms with van der Waals surface area (Å²) in [7, 11) is 1.62. The van der Waals surface area contributed by atoms with Gasteiger partial charge in [0.25, 0.3) is 0 Å². The maximum absolute atomic E-state index is 12.1. The van der Waals surface area contributed by atoms with Gasteiger partial charge in [0.05, 0.1) is 18.1 Å². The van der Waals surface area contributed by atoms with Crippen LogP contribution in [0.2, 0.25) is 0 Å². The predicted octanol–water partition coefficient (Wildman–Crippen LogP) is 1.89. The monoisotopic (exact) mass is 290 g/mol. The van der Waals surface area contributed by atoms with Gasteiger partial charge in [0.2, 0.25) is 11.9 Å². The quantitative estimate of drug-likeness (QED) is 0.881. The summed E-state index contributed by atoms with van der Waals surface area (Å²) in [5.74, 6) is 1.30. The summed E-state index contributed by atoms with van der Waals surface area (Å²) < 4.78 is 7.05. The number of nitrogens with two attached hydrogens (primary N) is 1. The van der Waals surface area contributed by atoms with E-state index in [1.165, 1.54) is 0 Å². The SMILES string of the molecule is CCN(CC)C(=O)CCn1c(N)nc2cc(OC)ccc21. The molecule has 2 rings (SSSR count). The molecule has 0 spiro atoms. The average molecular weight is 290 g/mol. The molecule has 0 fully saturated rings. The fourth-order valence-corrected chi connectivity index (χ4v) is 2.43. The van der Waals surface area contributed by atoms with Gasteiger partial charge in [-0.15, -0.1) is 0 Å². The summed E-state index contributed by atoms with van der Waals surface area (Å²) in [5.41, 5.74) is 7.66. The lowest BCUT2D eigenvalue weighted by Gasteiger charge is -2.18. The van der Waals surface area contributed by atoms with Gasteiger partial charge in [0, 0.05) is 32.1 Å². The van der Waals surface area contributed by atoms with Crippen LogP contribution in [0.3, 0.4) is 0 Å². The molecular weight excluding hydrogens is 268 g/mol. The van der Waals surface area contributed by atoms with E-state index < -0.39 is 0 Å². The zero-order chi connectivity index (χ0) is 15.4. The van der Waals surface area contributed by atoms with Crippen molar-refractivity contribution < 1.29 is 9.53 Å². The van der Waals surface area contributed by atoms with E-state index in [0.717, 1.165) is 29.9 Å². The Kier molecular flexibility index (Phi) is 4.67. The van der Waals surface area contributed by atoms with E-state index in [4.69, 9.17) is 10.5 Å². The molecule has 0 aliphatic carbocycles. The molecule has 21 heavy (non-hydrogen) atoms. The number of carbonyl (C=O) groups excluding carboxylic acids is 1. The number of anilines is 1. The molecule has 0 aliphatic rings. The van der Waals surface area contributed by atoms with Crippen LogP contribution >= 0.6 is 0 Å². The van der Waals surface area contributed by atoms with Crippen LogP contribution in [-0.2, 0) is 11.3 Å². The molecular formula is C15H22N4O2. The lowest BCUT2D eigenvalue weighted by atomic mass is 10.3. The number of imidazole rings is 1. The Morgan fingerprint density at radius 2 is 2.10 bits per heavy atom. The topological polar surface area (TPSA) is 73.4 Å². The largest absolute Gasteiger partial charge is 0.497 e. The van der Waals surface area contributed by atoms with Gasteiger partial charge in [-0.2, -0.15) is 0 Å². The third kappa shape index (κ3) is 3.09. The maximum Gasteiger partial charge on any atom is 0.224 e. The Bertz CT molecular complexity index is 632. The molecule has 1 aromatic heterocycles. The highest BCUT2D eigenvalue weighted by atomic mass is 16.5. The number of rotatable bonds is 6. The van der Waals surface area contributed by atoms with E-state index in [2.05, 4.69) is 4.98 Å². The molecule has 1 aromatic carbocycles. The van der Waals surface area contributed by atoms with Crippen LogP contribution in [0.1, 0.15) is 20.3 Å². The maximum atomic E-state index is 12.1. The fraction of sp³-hybridized carbons (Fsp3) is 0.467. The van der Waals surface area contributed by atoms with Crippen molar-refractivity contribution in [1.82, 2.24) is 14.5 Å². The smallest absolute Gasteiger partial charge is 0.224 e. The predicted molar refractivity (Wildman–Crippen MR) is 83.2 cm³/mol. The molecule has 0 unspecified atom stereocenters. The molecule has 0 saturated carbocycles. The molecule has 2 N–H and O–H groups in total. The van der Waals surface area contributed by atoms with Crippen LogP contribution < -0.4 is 10.5 Å². The van der Waals surface area contributed by atoms with Gasteiger partial charge in [-0.05, 0) is 26.0 Å². The highest BCUT2D eigenvalue weighted by Crippen LogP contribution is 2.23. The van der Waals surface area contributed by atoms with Gasteiger partial charge >= 0.3 is 0 Å².